The molecular weight excluding hydrogens is 348 g/mol. The van der Waals surface area contributed by atoms with Gasteiger partial charge >= 0.3 is 0 Å². The average molecular weight is 370 g/mol. The smallest absolute Gasteiger partial charge is 0.164 e. The summed E-state index contributed by atoms with van der Waals surface area (Å²) in [6, 6.07) is 22.3. The molecule has 0 aliphatic rings. The van der Waals surface area contributed by atoms with E-state index in [-0.39, 0.29) is 7.43 Å². The van der Waals surface area contributed by atoms with Gasteiger partial charge in [0.2, 0.25) is 0 Å². The molecule has 0 fully saturated rings. The van der Waals surface area contributed by atoms with Crippen LogP contribution in [0.5, 0.6) is 0 Å². The molecule has 0 saturated heterocycles. The largest absolute Gasteiger partial charge is 0.399 e. The summed E-state index contributed by atoms with van der Waals surface area (Å²) in [7, 11) is 0. The number of nitrogens with two attached hydrogens (primary N) is 3. The second-order valence-electron chi connectivity index (χ2n) is 6.17. The van der Waals surface area contributed by atoms with Gasteiger partial charge in [0.15, 0.2) is 17.5 Å². The van der Waals surface area contributed by atoms with Crippen molar-refractivity contribution in [1.29, 1.82) is 0 Å². The van der Waals surface area contributed by atoms with Crippen LogP contribution in [0.3, 0.4) is 0 Å². The minimum Gasteiger partial charge on any atom is -0.399 e. The van der Waals surface area contributed by atoms with Crippen molar-refractivity contribution in [3.63, 3.8) is 0 Å². The number of hydrogen-bond donors (Lipinski definition) is 3. The Labute approximate surface area is 164 Å². The third-order valence-electron chi connectivity index (χ3n) is 4.14. The summed E-state index contributed by atoms with van der Waals surface area (Å²) in [4.78, 5) is 13.9. The first-order valence-corrected chi connectivity index (χ1v) is 8.42. The first-order valence-electron chi connectivity index (χ1n) is 8.42. The standard InChI is InChI=1S/C21H18N6.CH4/c22-16-7-1-13(2-8-16)19-25-20(14-3-9-17(23)10-4-14)27-21(26-19)15-5-11-18(24)12-6-15;/h1-12H,22-24H2;1H4. The fourth-order valence-corrected chi connectivity index (χ4v) is 2.66. The van der Waals surface area contributed by atoms with Gasteiger partial charge in [0.25, 0.3) is 0 Å². The van der Waals surface area contributed by atoms with E-state index in [1.807, 2.05) is 72.8 Å². The lowest BCUT2D eigenvalue weighted by Gasteiger charge is -2.09. The van der Waals surface area contributed by atoms with Crippen LogP contribution in [0.1, 0.15) is 7.43 Å². The maximum Gasteiger partial charge on any atom is 0.164 e. The molecule has 0 bridgehead atoms. The molecule has 0 spiro atoms. The zero-order valence-electron chi connectivity index (χ0n) is 14.5. The number of benzene rings is 3. The molecule has 1 aromatic heterocycles. The van der Waals surface area contributed by atoms with Crippen LogP contribution in [0.4, 0.5) is 17.1 Å². The molecule has 0 aliphatic carbocycles. The summed E-state index contributed by atoms with van der Waals surface area (Å²) < 4.78 is 0. The second-order valence-corrected chi connectivity index (χ2v) is 6.17. The first-order chi connectivity index (χ1) is 13.1. The molecule has 0 atom stereocenters. The quantitative estimate of drug-likeness (QED) is 0.464. The van der Waals surface area contributed by atoms with Crippen LogP contribution in [-0.2, 0) is 0 Å². The SMILES string of the molecule is C.Nc1ccc(-c2nc(-c3ccc(N)cc3)nc(-c3ccc(N)cc3)n2)cc1. The third kappa shape index (κ3) is 3.91. The van der Waals surface area contributed by atoms with Gasteiger partial charge < -0.3 is 17.2 Å². The van der Waals surface area contributed by atoms with Crippen molar-refractivity contribution < 1.29 is 0 Å². The van der Waals surface area contributed by atoms with Crippen molar-refractivity contribution in [3.8, 4) is 34.2 Å². The Kier molecular flexibility index (Phi) is 5.22. The molecular formula is C22H22N6. The van der Waals surface area contributed by atoms with Gasteiger partial charge in [-0.1, -0.05) is 7.43 Å². The van der Waals surface area contributed by atoms with Gasteiger partial charge in [-0.2, -0.15) is 0 Å². The van der Waals surface area contributed by atoms with E-state index >= 15 is 0 Å². The van der Waals surface area contributed by atoms with E-state index in [4.69, 9.17) is 17.2 Å². The fourth-order valence-electron chi connectivity index (χ4n) is 2.66. The van der Waals surface area contributed by atoms with E-state index in [0.717, 1.165) is 16.7 Å². The normalized spacial score (nSPS) is 10.3. The Morgan fingerprint density at radius 2 is 0.607 bits per heavy atom. The van der Waals surface area contributed by atoms with Crippen molar-refractivity contribution in [2.45, 2.75) is 7.43 Å². The summed E-state index contributed by atoms with van der Waals surface area (Å²) in [5, 5.41) is 0. The topological polar surface area (TPSA) is 117 Å². The van der Waals surface area contributed by atoms with Gasteiger partial charge in [-0.05, 0) is 72.8 Å². The molecule has 6 nitrogen and oxygen atoms in total. The lowest BCUT2D eigenvalue weighted by Crippen LogP contribution is -2.00. The van der Waals surface area contributed by atoms with E-state index < -0.39 is 0 Å². The van der Waals surface area contributed by atoms with Gasteiger partial charge in [0.05, 0.1) is 0 Å². The van der Waals surface area contributed by atoms with E-state index in [2.05, 4.69) is 15.0 Å². The second kappa shape index (κ2) is 7.75. The van der Waals surface area contributed by atoms with Crippen LogP contribution in [0.2, 0.25) is 0 Å². The Morgan fingerprint density at radius 1 is 0.393 bits per heavy atom. The molecule has 4 rings (SSSR count). The maximum atomic E-state index is 5.80. The Morgan fingerprint density at radius 3 is 0.821 bits per heavy atom. The minimum atomic E-state index is 0. The predicted octanol–water partition coefficient (Wildman–Crippen LogP) is 4.26. The highest BCUT2D eigenvalue weighted by Gasteiger charge is 2.12. The summed E-state index contributed by atoms with van der Waals surface area (Å²) in [5.74, 6) is 1.72. The number of nitrogen functional groups attached to an aromatic ring is 3. The molecule has 1 heterocycles. The third-order valence-corrected chi connectivity index (χ3v) is 4.14. The highest BCUT2D eigenvalue weighted by atomic mass is 15.0. The number of anilines is 3. The van der Waals surface area contributed by atoms with Crippen molar-refractivity contribution in [1.82, 2.24) is 15.0 Å². The number of nitrogens with zero attached hydrogens (tertiary/aromatic N) is 3. The monoisotopic (exact) mass is 370 g/mol. The van der Waals surface area contributed by atoms with Crippen LogP contribution in [0.15, 0.2) is 72.8 Å². The highest BCUT2D eigenvalue weighted by molar-refractivity contribution is 5.68. The molecule has 0 radical (unpaired) electrons. The van der Waals surface area contributed by atoms with Crippen LogP contribution < -0.4 is 17.2 Å². The van der Waals surface area contributed by atoms with E-state index in [0.29, 0.717) is 34.5 Å². The Hall–Kier alpha value is -3.93. The lowest BCUT2D eigenvalue weighted by atomic mass is 10.1. The molecule has 0 saturated carbocycles. The molecule has 3 aromatic carbocycles. The van der Waals surface area contributed by atoms with Gasteiger partial charge in [-0.15, -0.1) is 0 Å². The summed E-state index contributed by atoms with van der Waals surface area (Å²) >= 11 is 0. The molecule has 6 heteroatoms. The van der Waals surface area contributed by atoms with Gasteiger partial charge in [-0.25, -0.2) is 15.0 Å². The van der Waals surface area contributed by atoms with Crippen molar-refractivity contribution in [3.05, 3.63) is 72.8 Å². The van der Waals surface area contributed by atoms with Crippen molar-refractivity contribution in [2.24, 2.45) is 0 Å². The first kappa shape index (κ1) is 18.8. The van der Waals surface area contributed by atoms with Crippen molar-refractivity contribution >= 4 is 17.1 Å². The number of hydrogen-bond acceptors (Lipinski definition) is 6. The lowest BCUT2D eigenvalue weighted by molar-refractivity contribution is 1.07. The van der Waals surface area contributed by atoms with Crippen molar-refractivity contribution in [2.75, 3.05) is 17.2 Å². The number of aromatic nitrogens is 3. The maximum absolute atomic E-state index is 5.80. The zero-order valence-corrected chi connectivity index (χ0v) is 14.5. The van der Waals surface area contributed by atoms with Crippen LogP contribution >= 0.6 is 0 Å². The van der Waals surface area contributed by atoms with E-state index in [9.17, 15) is 0 Å². The summed E-state index contributed by atoms with van der Waals surface area (Å²) in [5.41, 5.74) is 22.0. The molecule has 28 heavy (non-hydrogen) atoms. The minimum absolute atomic E-state index is 0. The fraction of sp³-hybridized carbons (Fsp3) is 0.0455. The summed E-state index contributed by atoms with van der Waals surface area (Å²) in [6.07, 6.45) is 0. The molecule has 0 amide bonds. The highest BCUT2D eigenvalue weighted by Crippen LogP contribution is 2.26. The molecule has 0 aliphatic heterocycles. The van der Waals surface area contributed by atoms with Crippen LogP contribution in [-0.4, -0.2) is 15.0 Å². The van der Waals surface area contributed by atoms with E-state index in [1.165, 1.54) is 0 Å². The van der Waals surface area contributed by atoms with Crippen LogP contribution in [0, 0.1) is 0 Å². The Bertz CT molecular complexity index is 918. The molecule has 4 aromatic rings. The summed E-state index contributed by atoms with van der Waals surface area (Å²) in [6.45, 7) is 0. The van der Waals surface area contributed by atoms with Gasteiger partial charge in [-0.3, -0.25) is 0 Å². The average Bonchev–Trinajstić information content (AvgIpc) is 2.69. The Balaban J connectivity index is 0.00000225. The predicted molar refractivity (Wildman–Crippen MR) is 116 cm³/mol. The number of rotatable bonds is 3. The zero-order chi connectivity index (χ0) is 18.8. The van der Waals surface area contributed by atoms with E-state index in [1.54, 1.807) is 0 Å². The molecule has 140 valence electrons. The molecule has 6 N–H and O–H groups in total. The van der Waals surface area contributed by atoms with Crippen LogP contribution in [0.25, 0.3) is 34.2 Å². The van der Waals surface area contributed by atoms with Gasteiger partial charge in [0, 0.05) is 33.8 Å². The van der Waals surface area contributed by atoms with Gasteiger partial charge in [0.1, 0.15) is 0 Å². The molecule has 0 unspecified atom stereocenters.